The molecule has 18 heavy (non-hydrogen) atoms. The normalized spacial score (nSPS) is 13.2. The Balaban J connectivity index is 2.89. The van der Waals surface area contributed by atoms with Gasteiger partial charge in [0.05, 0.1) is 6.42 Å². The van der Waals surface area contributed by atoms with Gasteiger partial charge in [0.2, 0.25) is 6.10 Å². The van der Waals surface area contributed by atoms with E-state index < -0.39 is 24.7 Å². The van der Waals surface area contributed by atoms with E-state index in [2.05, 4.69) is 4.74 Å². The van der Waals surface area contributed by atoms with Crippen LogP contribution in [0, 0.1) is 6.92 Å². The van der Waals surface area contributed by atoms with Crippen molar-refractivity contribution in [3.8, 4) is 5.75 Å². The van der Waals surface area contributed by atoms with Crippen LogP contribution in [0.3, 0.4) is 0 Å². The summed E-state index contributed by atoms with van der Waals surface area (Å²) in [5.74, 6) is -1.65. The maximum Gasteiger partial charge on any atom is 0.425 e. The summed E-state index contributed by atoms with van der Waals surface area (Å²) in [5.41, 5.74) is 0.547. The molecule has 0 bridgehead atoms. The monoisotopic (exact) mass is 282 g/mol. The van der Waals surface area contributed by atoms with Gasteiger partial charge in [-0.2, -0.15) is 13.2 Å². The number of alkyl halides is 3. The van der Waals surface area contributed by atoms with Gasteiger partial charge in [0, 0.05) is 5.02 Å². The molecule has 0 amide bonds. The molecule has 0 radical (unpaired) electrons. The minimum absolute atomic E-state index is 0.0690. The second kappa shape index (κ2) is 5.48. The standard InChI is InChI=1S/C11H10ClF3O3/c1-6-4-7(2-3-8(6)12)18-9(5-10(16)17)11(13,14)15/h2-4,9H,5H2,1H3,(H,16,17). The first kappa shape index (κ1) is 14.6. The Labute approximate surface area is 106 Å². The number of halogens is 4. The van der Waals surface area contributed by atoms with E-state index in [9.17, 15) is 18.0 Å². The lowest BCUT2D eigenvalue weighted by Gasteiger charge is -2.20. The number of aliphatic carboxylic acids is 1. The van der Waals surface area contributed by atoms with E-state index in [1.54, 1.807) is 6.92 Å². The first-order valence-corrected chi connectivity index (χ1v) is 5.29. The number of carboxylic acid groups (broad SMARTS) is 1. The number of hydrogen-bond donors (Lipinski definition) is 1. The van der Waals surface area contributed by atoms with Gasteiger partial charge in [0.25, 0.3) is 0 Å². The van der Waals surface area contributed by atoms with Gasteiger partial charge >= 0.3 is 12.1 Å². The highest BCUT2D eigenvalue weighted by Crippen LogP contribution is 2.29. The first-order valence-electron chi connectivity index (χ1n) is 4.91. The van der Waals surface area contributed by atoms with Crippen molar-refractivity contribution in [2.24, 2.45) is 0 Å². The van der Waals surface area contributed by atoms with Crippen LogP contribution in [-0.2, 0) is 4.79 Å². The Kier molecular flexibility index (Phi) is 4.45. The summed E-state index contributed by atoms with van der Waals surface area (Å²) < 4.78 is 42.3. The number of aryl methyl sites for hydroxylation is 1. The van der Waals surface area contributed by atoms with Gasteiger partial charge in [-0.05, 0) is 30.7 Å². The highest BCUT2D eigenvalue weighted by Gasteiger charge is 2.43. The zero-order chi connectivity index (χ0) is 13.9. The topological polar surface area (TPSA) is 46.5 Å². The minimum atomic E-state index is -4.74. The molecule has 0 aliphatic heterocycles. The predicted molar refractivity (Wildman–Crippen MR) is 58.9 cm³/mol. The largest absolute Gasteiger partial charge is 0.481 e. The van der Waals surface area contributed by atoms with E-state index in [0.717, 1.165) is 0 Å². The molecule has 0 aromatic heterocycles. The van der Waals surface area contributed by atoms with Crippen LogP contribution in [0.25, 0.3) is 0 Å². The molecule has 1 rings (SSSR count). The zero-order valence-electron chi connectivity index (χ0n) is 9.29. The summed E-state index contributed by atoms with van der Waals surface area (Å²) in [5, 5.41) is 8.82. The Morgan fingerprint density at radius 2 is 2.11 bits per heavy atom. The van der Waals surface area contributed by atoms with E-state index >= 15 is 0 Å². The quantitative estimate of drug-likeness (QED) is 0.920. The summed E-state index contributed by atoms with van der Waals surface area (Å²) in [6.07, 6.45) is -8.27. The lowest BCUT2D eigenvalue weighted by Crippen LogP contribution is -2.36. The number of hydrogen-bond acceptors (Lipinski definition) is 2. The van der Waals surface area contributed by atoms with Crippen molar-refractivity contribution in [2.45, 2.75) is 25.6 Å². The third kappa shape index (κ3) is 4.10. The van der Waals surface area contributed by atoms with E-state index in [4.69, 9.17) is 16.7 Å². The van der Waals surface area contributed by atoms with Crippen LogP contribution in [0.4, 0.5) is 13.2 Å². The molecular weight excluding hydrogens is 273 g/mol. The lowest BCUT2D eigenvalue weighted by atomic mass is 10.2. The van der Waals surface area contributed by atoms with E-state index in [-0.39, 0.29) is 5.75 Å². The molecular formula is C11H10ClF3O3. The molecule has 1 aromatic carbocycles. The van der Waals surface area contributed by atoms with Crippen LogP contribution in [0.2, 0.25) is 5.02 Å². The zero-order valence-corrected chi connectivity index (χ0v) is 10.0. The van der Waals surface area contributed by atoms with Crippen molar-refractivity contribution in [1.29, 1.82) is 0 Å². The van der Waals surface area contributed by atoms with Gasteiger partial charge in [-0.15, -0.1) is 0 Å². The molecule has 1 N–H and O–H groups in total. The van der Waals surface area contributed by atoms with E-state index in [0.29, 0.717) is 10.6 Å². The summed E-state index contributed by atoms with van der Waals surface area (Å²) in [4.78, 5) is 10.4. The Morgan fingerprint density at radius 3 is 2.56 bits per heavy atom. The molecule has 7 heteroatoms. The molecule has 100 valence electrons. The molecule has 0 fully saturated rings. The SMILES string of the molecule is Cc1cc(OC(CC(=O)O)C(F)(F)F)ccc1Cl. The third-order valence-corrected chi connectivity index (χ3v) is 2.56. The maximum atomic E-state index is 12.5. The van der Waals surface area contributed by atoms with Crippen LogP contribution in [0.15, 0.2) is 18.2 Å². The van der Waals surface area contributed by atoms with E-state index in [1.165, 1.54) is 18.2 Å². The van der Waals surface area contributed by atoms with Crippen LogP contribution in [0.1, 0.15) is 12.0 Å². The number of ether oxygens (including phenoxy) is 1. The van der Waals surface area contributed by atoms with Gasteiger partial charge in [0.1, 0.15) is 5.75 Å². The van der Waals surface area contributed by atoms with Crippen molar-refractivity contribution in [3.05, 3.63) is 28.8 Å². The average Bonchev–Trinajstić information content (AvgIpc) is 2.20. The fraction of sp³-hybridized carbons (Fsp3) is 0.364. The smallest absolute Gasteiger partial charge is 0.425 e. The number of benzene rings is 1. The summed E-state index contributed by atoms with van der Waals surface area (Å²) >= 11 is 5.72. The van der Waals surface area contributed by atoms with Crippen molar-refractivity contribution in [2.75, 3.05) is 0 Å². The molecule has 1 atom stereocenters. The van der Waals surface area contributed by atoms with Crippen LogP contribution < -0.4 is 4.74 Å². The Hall–Kier alpha value is -1.43. The van der Waals surface area contributed by atoms with Crippen molar-refractivity contribution >= 4 is 17.6 Å². The van der Waals surface area contributed by atoms with Gasteiger partial charge in [0.15, 0.2) is 0 Å². The molecule has 0 aliphatic carbocycles. The number of carboxylic acids is 1. The second-order valence-corrected chi connectivity index (χ2v) is 4.06. The lowest BCUT2D eigenvalue weighted by molar-refractivity contribution is -0.200. The fourth-order valence-electron chi connectivity index (χ4n) is 1.24. The summed E-state index contributed by atoms with van der Waals surface area (Å²) in [6.45, 7) is 1.61. The molecule has 1 unspecified atom stereocenters. The predicted octanol–water partition coefficient (Wildman–Crippen LogP) is 3.43. The van der Waals surface area contributed by atoms with E-state index in [1.807, 2.05) is 0 Å². The average molecular weight is 283 g/mol. The van der Waals surface area contributed by atoms with Crippen molar-refractivity contribution in [1.82, 2.24) is 0 Å². The minimum Gasteiger partial charge on any atom is -0.481 e. The number of rotatable bonds is 4. The Morgan fingerprint density at radius 1 is 1.50 bits per heavy atom. The van der Waals surface area contributed by atoms with Crippen LogP contribution in [0.5, 0.6) is 5.75 Å². The van der Waals surface area contributed by atoms with Crippen molar-refractivity contribution in [3.63, 3.8) is 0 Å². The van der Waals surface area contributed by atoms with Gasteiger partial charge in [-0.1, -0.05) is 11.6 Å². The maximum absolute atomic E-state index is 12.5. The molecule has 0 spiro atoms. The van der Waals surface area contributed by atoms with Crippen LogP contribution in [-0.4, -0.2) is 23.4 Å². The molecule has 0 saturated heterocycles. The third-order valence-electron chi connectivity index (χ3n) is 2.13. The first-order chi connectivity index (χ1) is 8.20. The molecule has 0 saturated carbocycles. The number of carbonyl (C=O) groups is 1. The van der Waals surface area contributed by atoms with Crippen LogP contribution >= 0.6 is 11.6 Å². The molecule has 1 aromatic rings. The highest BCUT2D eigenvalue weighted by molar-refractivity contribution is 6.31. The second-order valence-electron chi connectivity index (χ2n) is 3.66. The van der Waals surface area contributed by atoms with Gasteiger partial charge in [-0.3, -0.25) is 4.79 Å². The molecule has 0 aliphatic rings. The highest BCUT2D eigenvalue weighted by atomic mass is 35.5. The van der Waals surface area contributed by atoms with Gasteiger partial charge in [-0.25, -0.2) is 0 Å². The fourth-order valence-corrected chi connectivity index (χ4v) is 1.36. The summed E-state index contributed by atoms with van der Waals surface area (Å²) in [7, 11) is 0. The molecule has 0 heterocycles. The Bertz CT molecular complexity index is 446. The van der Waals surface area contributed by atoms with Gasteiger partial charge < -0.3 is 9.84 Å². The van der Waals surface area contributed by atoms with Crippen molar-refractivity contribution < 1.29 is 27.8 Å². The summed E-state index contributed by atoms with van der Waals surface area (Å²) in [6, 6.07) is 3.97. The molecule has 3 nitrogen and oxygen atoms in total.